The lowest BCUT2D eigenvalue weighted by atomic mass is 10.1. The van der Waals surface area contributed by atoms with Gasteiger partial charge in [-0.3, -0.25) is 0 Å². The van der Waals surface area contributed by atoms with Crippen LogP contribution in [0.1, 0.15) is 18.5 Å². The normalized spacial score (nSPS) is 17.8. The van der Waals surface area contributed by atoms with Crippen molar-refractivity contribution in [3.63, 3.8) is 0 Å². The van der Waals surface area contributed by atoms with Gasteiger partial charge in [0, 0.05) is 20.2 Å². The molecule has 0 atom stereocenters. The molecule has 1 aromatic rings. The minimum absolute atomic E-state index is 0.0565. The van der Waals surface area contributed by atoms with Crippen LogP contribution in [-0.2, 0) is 11.3 Å². The number of methoxy groups -OCH3 is 1. The Hall–Kier alpha value is -1.20. The van der Waals surface area contributed by atoms with Crippen LogP contribution in [-0.4, -0.2) is 41.6 Å². The third-order valence-electron chi connectivity index (χ3n) is 2.97. The van der Waals surface area contributed by atoms with E-state index in [-0.39, 0.29) is 6.61 Å². The van der Waals surface area contributed by atoms with Gasteiger partial charge in [-0.15, -0.1) is 5.10 Å². The van der Waals surface area contributed by atoms with Gasteiger partial charge < -0.3 is 14.7 Å². The predicted molar refractivity (Wildman–Crippen MR) is 60.2 cm³/mol. The molecule has 0 amide bonds. The van der Waals surface area contributed by atoms with Crippen LogP contribution in [0.4, 0.5) is 5.82 Å². The Morgan fingerprint density at radius 3 is 2.62 bits per heavy atom. The Balaban J connectivity index is 1.97. The highest BCUT2D eigenvalue weighted by atomic mass is 16.5. The van der Waals surface area contributed by atoms with Crippen molar-refractivity contribution in [2.24, 2.45) is 0 Å². The standard InChI is InChI=1S/C11H17N3O2/c1-16-10-4-6-14(7-5-10)11-3-2-9(8-15)12-13-11/h2-3,10,15H,4-8H2,1H3. The average Bonchev–Trinajstić information content (AvgIpc) is 2.39. The number of ether oxygens (including phenoxy) is 1. The molecule has 2 heterocycles. The van der Waals surface area contributed by atoms with Gasteiger partial charge in [0.15, 0.2) is 5.82 Å². The summed E-state index contributed by atoms with van der Waals surface area (Å²) in [7, 11) is 1.76. The van der Waals surface area contributed by atoms with Gasteiger partial charge >= 0.3 is 0 Å². The summed E-state index contributed by atoms with van der Waals surface area (Å²) in [5.74, 6) is 0.881. The highest BCUT2D eigenvalue weighted by molar-refractivity contribution is 5.37. The molecule has 0 bridgehead atoms. The molecule has 0 aliphatic carbocycles. The maximum Gasteiger partial charge on any atom is 0.151 e. The summed E-state index contributed by atoms with van der Waals surface area (Å²) >= 11 is 0. The molecule has 0 radical (unpaired) electrons. The van der Waals surface area contributed by atoms with Crippen LogP contribution in [0.15, 0.2) is 12.1 Å². The van der Waals surface area contributed by atoms with Crippen molar-refractivity contribution in [2.45, 2.75) is 25.6 Å². The molecule has 1 fully saturated rings. The molecule has 1 N–H and O–H groups in total. The third-order valence-corrected chi connectivity index (χ3v) is 2.97. The van der Waals surface area contributed by atoms with Gasteiger partial charge in [0.1, 0.15) is 0 Å². The highest BCUT2D eigenvalue weighted by Gasteiger charge is 2.19. The average molecular weight is 223 g/mol. The van der Waals surface area contributed by atoms with E-state index in [4.69, 9.17) is 9.84 Å². The van der Waals surface area contributed by atoms with Gasteiger partial charge in [0.05, 0.1) is 18.4 Å². The monoisotopic (exact) mass is 223 g/mol. The molecule has 2 rings (SSSR count). The van der Waals surface area contributed by atoms with Crippen molar-refractivity contribution < 1.29 is 9.84 Å². The van der Waals surface area contributed by atoms with Gasteiger partial charge in [0.25, 0.3) is 0 Å². The summed E-state index contributed by atoms with van der Waals surface area (Å²) in [5.41, 5.74) is 0.607. The third kappa shape index (κ3) is 2.48. The van der Waals surface area contributed by atoms with Gasteiger partial charge in [-0.05, 0) is 25.0 Å². The van der Waals surface area contributed by atoms with E-state index in [1.807, 2.05) is 12.1 Å². The first-order chi connectivity index (χ1) is 7.83. The number of piperidine rings is 1. The minimum atomic E-state index is -0.0565. The molecule has 5 nitrogen and oxygen atoms in total. The zero-order chi connectivity index (χ0) is 11.4. The number of nitrogens with zero attached hydrogens (tertiary/aromatic N) is 3. The second kappa shape index (κ2) is 5.23. The molecule has 1 saturated heterocycles. The van der Waals surface area contributed by atoms with Gasteiger partial charge in [0.2, 0.25) is 0 Å². The first kappa shape index (κ1) is 11.3. The number of rotatable bonds is 3. The predicted octanol–water partition coefficient (Wildman–Crippen LogP) is 0.584. The van der Waals surface area contributed by atoms with Crippen molar-refractivity contribution >= 4 is 5.82 Å². The Morgan fingerprint density at radius 2 is 2.12 bits per heavy atom. The zero-order valence-corrected chi connectivity index (χ0v) is 9.46. The van der Waals surface area contributed by atoms with Crippen molar-refractivity contribution in [2.75, 3.05) is 25.1 Å². The summed E-state index contributed by atoms with van der Waals surface area (Å²) in [6.45, 7) is 1.84. The lowest BCUT2D eigenvalue weighted by Gasteiger charge is -2.31. The summed E-state index contributed by atoms with van der Waals surface area (Å²) in [6.07, 6.45) is 2.43. The molecule has 0 aromatic carbocycles. The van der Waals surface area contributed by atoms with E-state index in [0.29, 0.717) is 11.8 Å². The van der Waals surface area contributed by atoms with Crippen LogP contribution in [0.5, 0.6) is 0 Å². The van der Waals surface area contributed by atoms with E-state index in [0.717, 1.165) is 31.7 Å². The maximum absolute atomic E-state index is 8.87. The second-order valence-corrected chi connectivity index (χ2v) is 3.96. The highest BCUT2D eigenvalue weighted by Crippen LogP contribution is 2.18. The molecule has 0 saturated carbocycles. The molecule has 16 heavy (non-hydrogen) atoms. The van der Waals surface area contributed by atoms with Gasteiger partial charge in [-0.25, -0.2) is 0 Å². The lowest BCUT2D eigenvalue weighted by molar-refractivity contribution is 0.0817. The minimum Gasteiger partial charge on any atom is -0.390 e. The SMILES string of the molecule is COC1CCN(c2ccc(CO)nn2)CC1. The van der Waals surface area contributed by atoms with E-state index >= 15 is 0 Å². The van der Waals surface area contributed by atoms with E-state index in [1.54, 1.807) is 7.11 Å². The largest absolute Gasteiger partial charge is 0.390 e. The topological polar surface area (TPSA) is 58.5 Å². The maximum atomic E-state index is 8.87. The second-order valence-electron chi connectivity index (χ2n) is 3.96. The Kier molecular flexibility index (Phi) is 3.69. The zero-order valence-electron chi connectivity index (χ0n) is 9.46. The molecule has 1 aliphatic rings. The lowest BCUT2D eigenvalue weighted by Crippen LogP contribution is -2.37. The molecule has 1 aromatic heterocycles. The van der Waals surface area contributed by atoms with Crippen LogP contribution < -0.4 is 4.90 Å². The van der Waals surface area contributed by atoms with E-state index in [1.165, 1.54) is 0 Å². The van der Waals surface area contributed by atoms with Crippen molar-refractivity contribution in [1.82, 2.24) is 10.2 Å². The van der Waals surface area contributed by atoms with E-state index in [2.05, 4.69) is 15.1 Å². The van der Waals surface area contributed by atoms with Crippen LogP contribution in [0, 0.1) is 0 Å². The number of hydrogen-bond acceptors (Lipinski definition) is 5. The summed E-state index contributed by atoms with van der Waals surface area (Å²) in [4.78, 5) is 2.20. The quantitative estimate of drug-likeness (QED) is 0.812. The van der Waals surface area contributed by atoms with Crippen LogP contribution in [0.2, 0.25) is 0 Å². The molecule has 0 unspecified atom stereocenters. The Morgan fingerprint density at radius 1 is 1.38 bits per heavy atom. The summed E-state index contributed by atoms with van der Waals surface area (Å²) in [5, 5.41) is 16.9. The van der Waals surface area contributed by atoms with Gasteiger partial charge in [-0.1, -0.05) is 0 Å². The molecule has 1 aliphatic heterocycles. The van der Waals surface area contributed by atoms with Crippen LogP contribution in [0.3, 0.4) is 0 Å². The summed E-state index contributed by atoms with van der Waals surface area (Å²) < 4.78 is 5.32. The smallest absolute Gasteiger partial charge is 0.151 e. The molecular weight excluding hydrogens is 206 g/mol. The fourth-order valence-corrected chi connectivity index (χ4v) is 1.93. The van der Waals surface area contributed by atoms with Crippen molar-refractivity contribution in [1.29, 1.82) is 0 Å². The summed E-state index contributed by atoms with van der Waals surface area (Å²) in [6, 6.07) is 3.72. The van der Waals surface area contributed by atoms with Crippen molar-refractivity contribution in [3.05, 3.63) is 17.8 Å². The van der Waals surface area contributed by atoms with Crippen LogP contribution >= 0.6 is 0 Å². The number of anilines is 1. The number of aliphatic hydroxyl groups excluding tert-OH is 1. The number of aliphatic hydroxyl groups is 1. The number of hydrogen-bond donors (Lipinski definition) is 1. The first-order valence-electron chi connectivity index (χ1n) is 5.54. The van der Waals surface area contributed by atoms with Gasteiger partial charge in [-0.2, -0.15) is 5.10 Å². The molecule has 88 valence electrons. The number of aromatic nitrogens is 2. The Bertz CT molecular complexity index is 321. The van der Waals surface area contributed by atoms with Crippen molar-refractivity contribution in [3.8, 4) is 0 Å². The fourth-order valence-electron chi connectivity index (χ4n) is 1.93. The Labute approximate surface area is 95.1 Å². The van der Waals surface area contributed by atoms with Crippen LogP contribution in [0.25, 0.3) is 0 Å². The fraction of sp³-hybridized carbons (Fsp3) is 0.636. The van der Waals surface area contributed by atoms with E-state index < -0.39 is 0 Å². The molecule has 0 spiro atoms. The van der Waals surface area contributed by atoms with E-state index in [9.17, 15) is 0 Å². The first-order valence-corrected chi connectivity index (χ1v) is 5.54. The molecular formula is C11H17N3O2. The molecule has 5 heteroatoms.